The highest BCUT2D eigenvalue weighted by molar-refractivity contribution is 9.10. The monoisotopic (exact) mass is 588 g/mol. The number of barbiturate groups is 1. The van der Waals surface area contributed by atoms with Crippen LogP contribution in [0.4, 0.5) is 10.5 Å². The van der Waals surface area contributed by atoms with Crippen LogP contribution in [0, 0.1) is 6.92 Å². The molecule has 0 spiro atoms. The van der Waals surface area contributed by atoms with E-state index in [2.05, 4.69) is 21.2 Å². The lowest BCUT2D eigenvalue weighted by Gasteiger charge is -2.27. The first-order valence-electron chi connectivity index (χ1n) is 10.6. The maximum Gasteiger partial charge on any atom is 0.335 e. The first kappa shape index (κ1) is 25.8. The Hall–Kier alpha value is -3.33. The van der Waals surface area contributed by atoms with Crippen LogP contribution in [0.1, 0.15) is 16.7 Å². The van der Waals surface area contributed by atoms with E-state index >= 15 is 0 Å². The van der Waals surface area contributed by atoms with Crippen LogP contribution in [0.3, 0.4) is 0 Å². The molecule has 10 heteroatoms. The predicted molar refractivity (Wildman–Crippen MR) is 142 cm³/mol. The van der Waals surface area contributed by atoms with Crippen molar-refractivity contribution in [2.45, 2.75) is 13.5 Å². The summed E-state index contributed by atoms with van der Waals surface area (Å²) in [6, 6.07) is 14.6. The van der Waals surface area contributed by atoms with E-state index < -0.39 is 17.8 Å². The summed E-state index contributed by atoms with van der Waals surface area (Å²) in [5.74, 6) is -0.770. The molecule has 0 atom stereocenters. The van der Waals surface area contributed by atoms with Crippen LogP contribution in [0.25, 0.3) is 6.08 Å². The number of imide groups is 2. The second kappa shape index (κ2) is 10.7. The third-order valence-corrected chi connectivity index (χ3v) is 6.65. The molecule has 0 radical (unpaired) electrons. The molecule has 4 rings (SSSR count). The molecule has 0 bridgehead atoms. The van der Waals surface area contributed by atoms with Crippen molar-refractivity contribution in [1.29, 1.82) is 0 Å². The number of nitrogens with one attached hydrogen (secondary N) is 1. The fourth-order valence-corrected chi connectivity index (χ4v) is 4.58. The summed E-state index contributed by atoms with van der Waals surface area (Å²) in [6.45, 7) is 1.93. The summed E-state index contributed by atoms with van der Waals surface area (Å²) >= 11 is 15.7. The zero-order chi connectivity index (χ0) is 26.0. The Kier molecular flexibility index (Phi) is 7.68. The number of amides is 4. The summed E-state index contributed by atoms with van der Waals surface area (Å²) in [4.78, 5) is 39.3. The first-order chi connectivity index (χ1) is 17.2. The molecule has 1 heterocycles. The average Bonchev–Trinajstić information content (AvgIpc) is 2.83. The van der Waals surface area contributed by atoms with Crippen LogP contribution in [-0.2, 0) is 16.2 Å². The molecule has 36 heavy (non-hydrogen) atoms. The van der Waals surface area contributed by atoms with Gasteiger partial charge in [0.2, 0.25) is 0 Å². The van der Waals surface area contributed by atoms with Crippen molar-refractivity contribution in [2.24, 2.45) is 0 Å². The van der Waals surface area contributed by atoms with E-state index in [1.54, 1.807) is 49.4 Å². The van der Waals surface area contributed by atoms with Gasteiger partial charge in [-0.3, -0.25) is 14.9 Å². The van der Waals surface area contributed by atoms with Gasteiger partial charge in [0.15, 0.2) is 11.5 Å². The van der Waals surface area contributed by atoms with Gasteiger partial charge in [-0.1, -0.05) is 41.4 Å². The Morgan fingerprint density at radius 3 is 2.53 bits per heavy atom. The van der Waals surface area contributed by atoms with E-state index in [1.807, 2.05) is 12.1 Å². The van der Waals surface area contributed by atoms with Gasteiger partial charge in [0.1, 0.15) is 12.2 Å². The zero-order valence-electron chi connectivity index (χ0n) is 19.1. The maximum atomic E-state index is 13.3. The summed E-state index contributed by atoms with van der Waals surface area (Å²) in [6.07, 6.45) is 1.38. The quantitative estimate of drug-likeness (QED) is 0.269. The molecular formula is C26H19BrCl2N2O5. The van der Waals surface area contributed by atoms with Crippen molar-refractivity contribution in [3.8, 4) is 11.5 Å². The van der Waals surface area contributed by atoms with Gasteiger partial charge >= 0.3 is 6.03 Å². The second-order valence-corrected chi connectivity index (χ2v) is 9.49. The number of benzene rings is 3. The second-order valence-electron chi connectivity index (χ2n) is 7.79. The molecule has 1 N–H and O–H groups in total. The minimum Gasteiger partial charge on any atom is -0.493 e. The van der Waals surface area contributed by atoms with Gasteiger partial charge in [0.05, 0.1) is 17.3 Å². The largest absolute Gasteiger partial charge is 0.493 e. The van der Waals surface area contributed by atoms with Crippen LogP contribution >= 0.6 is 39.1 Å². The Balaban J connectivity index is 1.66. The van der Waals surface area contributed by atoms with Gasteiger partial charge in [-0.05, 0) is 82.0 Å². The Labute approximate surface area is 225 Å². The number of carbonyl (C=O) groups excluding carboxylic acids is 3. The fourth-order valence-electron chi connectivity index (χ4n) is 3.63. The summed E-state index contributed by atoms with van der Waals surface area (Å²) in [5, 5.41) is 3.19. The first-order valence-corrected chi connectivity index (χ1v) is 12.2. The normalized spacial score (nSPS) is 14.8. The lowest BCUT2D eigenvalue weighted by molar-refractivity contribution is -0.122. The van der Waals surface area contributed by atoms with Crippen LogP contribution in [0.5, 0.6) is 11.5 Å². The molecule has 184 valence electrons. The summed E-state index contributed by atoms with van der Waals surface area (Å²) < 4.78 is 12.0. The van der Waals surface area contributed by atoms with Gasteiger partial charge in [-0.15, -0.1) is 0 Å². The fraction of sp³-hybridized carbons (Fsp3) is 0.115. The molecule has 1 saturated heterocycles. The van der Waals surface area contributed by atoms with Crippen LogP contribution < -0.4 is 19.7 Å². The van der Waals surface area contributed by atoms with Crippen molar-refractivity contribution in [3.63, 3.8) is 0 Å². The lowest BCUT2D eigenvalue weighted by Crippen LogP contribution is -2.54. The van der Waals surface area contributed by atoms with Gasteiger partial charge in [0, 0.05) is 10.0 Å². The summed E-state index contributed by atoms with van der Waals surface area (Å²) in [5.41, 5.74) is 1.93. The third-order valence-electron chi connectivity index (χ3n) is 5.42. The van der Waals surface area contributed by atoms with Crippen molar-refractivity contribution < 1.29 is 23.9 Å². The number of urea groups is 1. The number of halogens is 3. The molecule has 0 unspecified atom stereocenters. The van der Waals surface area contributed by atoms with Crippen molar-refractivity contribution in [1.82, 2.24) is 5.32 Å². The molecule has 1 fully saturated rings. The minimum absolute atomic E-state index is 0.226. The Morgan fingerprint density at radius 1 is 1.06 bits per heavy atom. The molecule has 0 aromatic heterocycles. The Bertz CT molecular complexity index is 1420. The highest BCUT2D eigenvalue weighted by Gasteiger charge is 2.37. The van der Waals surface area contributed by atoms with E-state index in [-0.39, 0.29) is 17.9 Å². The highest BCUT2D eigenvalue weighted by atomic mass is 79.9. The minimum atomic E-state index is -0.851. The maximum absolute atomic E-state index is 13.3. The number of rotatable bonds is 6. The van der Waals surface area contributed by atoms with Crippen molar-refractivity contribution >= 4 is 68.7 Å². The van der Waals surface area contributed by atoms with Crippen molar-refractivity contribution in [2.75, 3.05) is 12.0 Å². The van der Waals surface area contributed by atoms with Gasteiger partial charge < -0.3 is 9.47 Å². The van der Waals surface area contributed by atoms with E-state index in [4.69, 9.17) is 32.7 Å². The third kappa shape index (κ3) is 5.26. The number of anilines is 1. The molecule has 3 aromatic carbocycles. The molecule has 1 aliphatic rings. The van der Waals surface area contributed by atoms with Crippen molar-refractivity contribution in [3.05, 3.63) is 91.4 Å². The van der Waals surface area contributed by atoms with Crippen LogP contribution in [-0.4, -0.2) is 25.0 Å². The SMILES string of the molecule is COc1cc(/C=C2\C(=O)NC(=O)N(c3cccc(Cl)c3C)C2=O)cc(Br)c1OCc1cccc(Cl)c1. The van der Waals surface area contributed by atoms with Gasteiger partial charge in [-0.25, -0.2) is 9.69 Å². The number of nitrogens with zero attached hydrogens (tertiary/aromatic N) is 1. The molecule has 1 aliphatic heterocycles. The molecule has 3 aromatic rings. The number of hydrogen-bond donors (Lipinski definition) is 1. The highest BCUT2D eigenvalue weighted by Crippen LogP contribution is 2.38. The van der Waals surface area contributed by atoms with E-state index in [0.717, 1.165) is 10.5 Å². The average molecular weight is 590 g/mol. The van der Waals surface area contributed by atoms with Gasteiger partial charge in [-0.2, -0.15) is 0 Å². The predicted octanol–water partition coefficient (Wildman–Crippen LogP) is 6.32. The smallest absolute Gasteiger partial charge is 0.335 e. The zero-order valence-corrected chi connectivity index (χ0v) is 22.2. The molecular weight excluding hydrogens is 571 g/mol. The molecule has 7 nitrogen and oxygen atoms in total. The number of hydrogen-bond acceptors (Lipinski definition) is 5. The van der Waals surface area contributed by atoms with E-state index in [1.165, 1.54) is 13.2 Å². The lowest BCUT2D eigenvalue weighted by atomic mass is 10.1. The standard InChI is InChI=1S/C26H19BrCl2N2O5/c1-14-20(29)7-4-8-21(14)31-25(33)18(24(32)30-26(31)34)10-16-11-19(27)23(22(12-16)35-2)36-13-15-5-3-6-17(28)9-15/h3-12H,13H2,1-2H3,(H,30,32,34)/b18-10+. The van der Waals surface area contributed by atoms with Crippen LogP contribution in [0.15, 0.2) is 64.6 Å². The number of methoxy groups -OCH3 is 1. The van der Waals surface area contributed by atoms with Crippen LogP contribution in [0.2, 0.25) is 10.0 Å². The molecule has 0 saturated carbocycles. The number of carbonyl (C=O) groups is 3. The Morgan fingerprint density at radius 2 is 1.81 bits per heavy atom. The van der Waals surface area contributed by atoms with Gasteiger partial charge in [0.25, 0.3) is 11.8 Å². The number of ether oxygens (including phenoxy) is 2. The molecule has 4 amide bonds. The molecule has 0 aliphatic carbocycles. The summed E-state index contributed by atoms with van der Waals surface area (Å²) in [7, 11) is 1.48. The topological polar surface area (TPSA) is 84.9 Å². The van der Waals surface area contributed by atoms with E-state index in [9.17, 15) is 14.4 Å². The van der Waals surface area contributed by atoms with E-state index in [0.29, 0.717) is 37.1 Å².